The second-order valence-electron chi connectivity index (χ2n) is 11.0. The Balaban J connectivity index is 0.000000420. The SMILES string of the molecule is C=C(C)CBr.CC1(C)C[N+](c2c(F)cccc2F)=CN1c1c(F)cccc1F.FB(F)F.Fc1cccc(F)c1N=CNc1c(F)cccc1F.[F-]. The van der Waals surface area contributed by atoms with Gasteiger partial charge in [0.25, 0.3) is 0 Å². The minimum Gasteiger partial charge on any atom is -1.00 e. The third kappa shape index (κ3) is 13.1. The molecule has 0 saturated carbocycles. The van der Waals surface area contributed by atoms with E-state index in [9.17, 15) is 48.1 Å². The Kier molecular flexibility index (Phi) is 18.2. The molecule has 4 nitrogen and oxygen atoms in total. The van der Waals surface area contributed by atoms with Crippen LogP contribution in [0.5, 0.6) is 0 Å². The Labute approximate surface area is 300 Å². The lowest BCUT2D eigenvalue weighted by molar-refractivity contribution is -0.437. The fourth-order valence-electron chi connectivity index (χ4n) is 4.22. The second kappa shape index (κ2) is 21.0. The third-order valence-electron chi connectivity index (χ3n) is 6.40. The smallest absolute Gasteiger partial charge is 0.762 e. The first-order valence-corrected chi connectivity index (χ1v) is 15.6. The molecule has 1 N–H and O–H groups in total. The Hall–Kier alpha value is -4.74. The van der Waals surface area contributed by atoms with Gasteiger partial charge in [-0.25, -0.2) is 49.6 Å². The van der Waals surface area contributed by atoms with Gasteiger partial charge in [0.15, 0.2) is 46.3 Å². The molecule has 0 radical (unpaired) electrons. The monoisotopic (exact) mass is 812 g/mol. The molecule has 0 atom stereocenters. The van der Waals surface area contributed by atoms with Gasteiger partial charge in [-0.05, 0) is 69.3 Å². The number of alkyl halides is 1. The van der Waals surface area contributed by atoms with Crippen molar-refractivity contribution in [3.8, 4) is 0 Å². The standard InChI is InChI=1S/C17H15F4N2.C13H8F4N2.C4H7Br.BF3.FH/c1-17(2)9-22(15-11(18)5-3-6-12(15)19)10-23(17)16-13(20)7-4-8-14(16)21;14-8-3-1-4-9(15)12(8)18-7-19-13-10(16)5-2-6-11(13)17;1-4(2)3-5;2-1(3)4;/h3-8,10H,9H2,1-2H3;1-7H,(H,18,19);1,3H2,2H3;;1H/q+1;;;;/p-1. The molecule has 0 bridgehead atoms. The van der Waals surface area contributed by atoms with E-state index in [4.69, 9.17) is 0 Å². The number of benzene rings is 4. The Bertz CT molecular complexity index is 1770. The van der Waals surface area contributed by atoms with Gasteiger partial charge in [0, 0.05) is 5.33 Å². The zero-order valence-electron chi connectivity index (χ0n) is 27.5. The van der Waals surface area contributed by atoms with Gasteiger partial charge in [0.2, 0.25) is 6.34 Å². The summed E-state index contributed by atoms with van der Waals surface area (Å²) in [6, 6.07) is 13.7. The van der Waals surface area contributed by atoms with Gasteiger partial charge in [-0.2, -0.15) is 0 Å². The number of nitrogens with one attached hydrogen (secondary N) is 1. The summed E-state index contributed by atoms with van der Waals surface area (Å²) in [4.78, 5) is 4.83. The molecule has 0 amide bonds. The fourth-order valence-corrected chi connectivity index (χ4v) is 4.22. The maximum absolute atomic E-state index is 14.1. The first kappa shape index (κ1) is 45.3. The van der Waals surface area contributed by atoms with Crippen LogP contribution in [0, 0.1) is 46.5 Å². The molecule has 0 fully saturated rings. The molecule has 0 aliphatic carbocycles. The summed E-state index contributed by atoms with van der Waals surface area (Å²) >= 11 is 3.21. The van der Waals surface area contributed by atoms with E-state index in [1.165, 1.54) is 45.7 Å². The van der Waals surface area contributed by atoms with Crippen molar-refractivity contribution in [2.24, 2.45) is 4.99 Å². The lowest BCUT2D eigenvalue weighted by Gasteiger charge is -2.24. The molecule has 1 aliphatic rings. The van der Waals surface area contributed by atoms with Crippen LogP contribution in [-0.4, -0.2) is 42.2 Å². The summed E-state index contributed by atoms with van der Waals surface area (Å²) in [5.41, 5.74) is -1.03. The number of allylic oxidation sites excluding steroid dienone is 1. The van der Waals surface area contributed by atoms with Crippen LogP contribution < -0.4 is 14.9 Å². The van der Waals surface area contributed by atoms with Gasteiger partial charge in [0.05, 0.1) is 6.34 Å². The number of para-hydroxylation sites is 4. The average Bonchev–Trinajstić information content (AvgIpc) is 3.33. The molecular weight excluding hydrogens is 783 g/mol. The third-order valence-corrected chi connectivity index (χ3v) is 7.36. The van der Waals surface area contributed by atoms with E-state index in [0.717, 1.165) is 60.2 Å². The highest BCUT2D eigenvalue weighted by Gasteiger charge is 2.45. The molecule has 0 unspecified atom stereocenters. The van der Waals surface area contributed by atoms with E-state index >= 15 is 0 Å². The van der Waals surface area contributed by atoms with E-state index in [2.05, 4.69) is 32.8 Å². The zero-order valence-corrected chi connectivity index (χ0v) is 29.1. The summed E-state index contributed by atoms with van der Waals surface area (Å²) in [5, 5.41) is 3.13. The lowest BCUT2D eigenvalue weighted by atomic mass is 10.0. The molecule has 5 rings (SSSR count). The molecule has 4 aromatic rings. The van der Waals surface area contributed by atoms with Crippen molar-refractivity contribution in [1.29, 1.82) is 0 Å². The van der Waals surface area contributed by atoms with Crippen LogP contribution in [0.1, 0.15) is 20.8 Å². The highest BCUT2D eigenvalue weighted by molar-refractivity contribution is 9.09. The number of aliphatic imine (C=N–C) groups is 1. The van der Waals surface area contributed by atoms with Gasteiger partial charge in [-0.3, -0.25) is 12.9 Å². The van der Waals surface area contributed by atoms with Crippen LogP contribution in [0.25, 0.3) is 0 Å². The summed E-state index contributed by atoms with van der Waals surface area (Å²) in [7, 11) is -3.67. The first-order valence-electron chi connectivity index (χ1n) is 14.5. The van der Waals surface area contributed by atoms with Crippen LogP contribution in [0.4, 0.5) is 70.8 Å². The summed E-state index contributed by atoms with van der Waals surface area (Å²) in [6.07, 6.45) is 2.16. The van der Waals surface area contributed by atoms with Crippen LogP contribution >= 0.6 is 15.9 Å². The quantitative estimate of drug-likeness (QED) is 0.0407. The molecule has 0 spiro atoms. The number of hydrogen-bond donors (Lipinski definition) is 1. The van der Waals surface area contributed by atoms with E-state index in [1.54, 1.807) is 13.8 Å². The van der Waals surface area contributed by atoms with Crippen molar-refractivity contribution in [2.75, 3.05) is 22.1 Å². The van der Waals surface area contributed by atoms with Gasteiger partial charge in [-0.15, -0.1) is 0 Å². The molecule has 0 aromatic heterocycles. The predicted octanol–water partition coefficient (Wildman–Crippen LogP) is 8.07. The molecule has 18 heteroatoms. The fraction of sp³-hybridized carbons (Fsp3) is 0.176. The molecule has 280 valence electrons. The van der Waals surface area contributed by atoms with Crippen molar-refractivity contribution >= 4 is 58.9 Å². The molecule has 1 heterocycles. The normalized spacial score (nSPS) is 12.6. The minimum absolute atomic E-state index is 0. The van der Waals surface area contributed by atoms with Gasteiger partial charge >= 0.3 is 7.54 Å². The van der Waals surface area contributed by atoms with Crippen LogP contribution in [0.2, 0.25) is 0 Å². The largest absolute Gasteiger partial charge is 1.00 e. The highest BCUT2D eigenvalue weighted by atomic mass is 79.9. The molecule has 1 aliphatic heterocycles. The minimum atomic E-state index is -3.67. The topological polar surface area (TPSA) is 30.6 Å². The van der Waals surface area contributed by atoms with E-state index in [0.29, 0.717) is 0 Å². The van der Waals surface area contributed by atoms with Crippen molar-refractivity contribution in [3.05, 3.63) is 131 Å². The maximum atomic E-state index is 14.1. The van der Waals surface area contributed by atoms with E-state index < -0.39 is 71.0 Å². The highest BCUT2D eigenvalue weighted by Crippen LogP contribution is 2.34. The molecule has 52 heavy (non-hydrogen) atoms. The van der Waals surface area contributed by atoms with Crippen molar-refractivity contribution in [2.45, 2.75) is 26.3 Å². The maximum Gasteiger partial charge on any atom is 0.762 e. The predicted molar refractivity (Wildman–Crippen MR) is 182 cm³/mol. The summed E-state index contributed by atoms with van der Waals surface area (Å²) in [6.45, 7) is 9.28. The average molecular weight is 813 g/mol. The Morgan fingerprint density at radius 3 is 1.56 bits per heavy atom. The van der Waals surface area contributed by atoms with Crippen molar-refractivity contribution in [1.82, 2.24) is 0 Å². The number of anilines is 2. The number of halogens is 13. The first-order chi connectivity index (χ1) is 23.9. The number of hydrogen-bond acceptors (Lipinski definition) is 2. The van der Waals surface area contributed by atoms with Crippen LogP contribution in [-0.2, 0) is 0 Å². The molecule has 4 aromatic carbocycles. The molecular formula is C34H30BBrF12N4. The zero-order chi connectivity index (χ0) is 38.5. The van der Waals surface area contributed by atoms with Gasteiger partial charge < -0.3 is 10.0 Å². The summed E-state index contributed by atoms with van der Waals surface area (Å²) < 4.78 is 139. The molecule has 0 saturated heterocycles. The van der Waals surface area contributed by atoms with Gasteiger partial charge in [0.1, 0.15) is 35.1 Å². The van der Waals surface area contributed by atoms with Crippen LogP contribution in [0.3, 0.4) is 0 Å². The van der Waals surface area contributed by atoms with Crippen molar-refractivity contribution < 1.29 is 57.4 Å². The van der Waals surface area contributed by atoms with Gasteiger partial charge in [-0.1, -0.05) is 52.3 Å². The van der Waals surface area contributed by atoms with Crippen molar-refractivity contribution in [3.63, 3.8) is 0 Å². The van der Waals surface area contributed by atoms with E-state index in [-0.39, 0.29) is 22.6 Å². The summed E-state index contributed by atoms with van der Waals surface area (Å²) in [5.74, 6) is -6.32. The number of nitrogens with zero attached hydrogens (tertiary/aromatic N) is 3. The van der Waals surface area contributed by atoms with E-state index in [1.807, 2.05) is 6.92 Å². The lowest BCUT2D eigenvalue weighted by Crippen LogP contribution is -3.00. The number of rotatable bonds is 6. The van der Waals surface area contributed by atoms with Crippen LogP contribution in [0.15, 0.2) is 89.9 Å². The Morgan fingerprint density at radius 1 is 0.788 bits per heavy atom. The second-order valence-corrected chi connectivity index (χ2v) is 11.5. The Morgan fingerprint density at radius 2 is 1.15 bits per heavy atom.